The molecule has 1 aromatic rings. The zero-order chi connectivity index (χ0) is 15.8. The van der Waals surface area contributed by atoms with Gasteiger partial charge in [0.15, 0.2) is 0 Å². The van der Waals surface area contributed by atoms with Gasteiger partial charge in [0.1, 0.15) is 5.75 Å². The smallest absolute Gasteiger partial charge is 0.220 e. The molecule has 1 saturated heterocycles. The molecule has 4 heteroatoms. The summed E-state index contributed by atoms with van der Waals surface area (Å²) in [5, 5.41) is 3.09. The zero-order valence-corrected chi connectivity index (χ0v) is 13.8. The summed E-state index contributed by atoms with van der Waals surface area (Å²) in [5.41, 5.74) is 1.25. The Labute approximate surface area is 133 Å². The van der Waals surface area contributed by atoms with E-state index in [1.165, 1.54) is 18.4 Å². The highest BCUT2D eigenvalue weighted by Crippen LogP contribution is 2.26. The van der Waals surface area contributed by atoms with Crippen molar-refractivity contribution in [2.24, 2.45) is 0 Å². The maximum atomic E-state index is 11.8. The second-order valence-electron chi connectivity index (χ2n) is 5.81. The van der Waals surface area contributed by atoms with Crippen LogP contribution in [0.15, 0.2) is 24.3 Å². The lowest BCUT2D eigenvalue weighted by Gasteiger charge is -2.28. The molecule has 22 heavy (non-hydrogen) atoms. The van der Waals surface area contributed by atoms with Crippen molar-refractivity contribution in [1.29, 1.82) is 0 Å². The van der Waals surface area contributed by atoms with Crippen LogP contribution >= 0.6 is 0 Å². The number of ether oxygens (including phenoxy) is 1. The quantitative estimate of drug-likeness (QED) is 0.802. The lowest BCUT2D eigenvalue weighted by Crippen LogP contribution is -2.36. The fourth-order valence-electron chi connectivity index (χ4n) is 2.99. The molecule has 4 nitrogen and oxygen atoms in total. The summed E-state index contributed by atoms with van der Waals surface area (Å²) < 4.78 is 5.51. The second-order valence-corrected chi connectivity index (χ2v) is 5.81. The number of hydrogen-bond donors (Lipinski definition) is 1. The van der Waals surface area contributed by atoms with Crippen LogP contribution < -0.4 is 10.1 Å². The summed E-state index contributed by atoms with van der Waals surface area (Å²) in [6.07, 6.45) is 3.99. The van der Waals surface area contributed by atoms with E-state index in [2.05, 4.69) is 22.3 Å². The van der Waals surface area contributed by atoms with Gasteiger partial charge in [0.25, 0.3) is 0 Å². The lowest BCUT2D eigenvalue weighted by atomic mass is 10.1. The van der Waals surface area contributed by atoms with Gasteiger partial charge in [0.2, 0.25) is 5.91 Å². The van der Waals surface area contributed by atoms with Crippen molar-refractivity contribution < 1.29 is 9.53 Å². The minimum Gasteiger partial charge on any atom is -0.494 e. The van der Waals surface area contributed by atoms with Crippen LogP contribution in [0.25, 0.3) is 0 Å². The molecule has 0 aromatic heterocycles. The number of amides is 1. The van der Waals surface area contributed by atoms with Crippen LogP contribution in [-0.2, 0) is 4.79 Å². The largest absolute Gasteiger partial charge is 0.494 e. The number of benzene rings is 1. The molecule has 122 valence electrons. The Morgan fingerprint density at radius 1 is 1.23 bits per heavy atom. The highest BCUT2D eigenvalue weighted by Gasteiger charge is 2.23. The van der Waals surface area contributed by atoms with Gasteiger partial charge in [0, 0.05) is 13.0 Å². The van der Waals surface area contributed by atoms with Gasteiger partial charge < -0.3 is 10.1 Å². The molecule has 1 amide bonds. The SMILES string of the molecule is CCCC(=O)NCC(c1ccc(OCC)cc1)N1CCCC1. The van der Waals surface area contributed by atoms with E-state index < -0.39 is 0 Å². The van der Waals surface area contributed by atoms with Gasteiger partial charge in [-0.05, 0) is 57.0 Å². The second kappa shape index (κ2) is 8.79. The summed E-state index contributed by atoms with van der Waals surface area (Å²) in [7, 11) is 0. The van der Waals surface area contributed by atoms with Crippen LogP contribution in [-0.4, -0.2) is 37.0 Å². The normalized spacial score (nSPS) is 16.5. The van der Waals surface area contributed by atoms with E-state index >= 15 is 0 Å². The van der Waals surface area contributed by atoms with E-state index in [1.807, 2.05) is 26.0 Å². The van der Waals surface area contributed by atoms with Gasteiger partial charge in [-0.3, -0.25) is 9.69 Å². The van der Waals surface area contributed by atoms with Crippen LogP contribution in [0.5, 0.6) is 5.75 Å². The fourth-order valence-corrected chi connectivity index (χ4v) is 2.99. The van der Waals surface area contributed by atoms with Gasteiger partial charge in [-0.25, -0.2) is 0 Å². The van der Waals surface area contributed by atoms with Crippen molar-refractivity contribution in [2.75, 3.05) is 26.2 Å². The first-order valence-corrected chi connectivity index (χ1v) is 8.48. The summed E-state index contributed by atoms with van der Waals surface area (Å²) in [6, 6.07) is 8.56. The maximum Gasteiger partial charge on any atom is 0.220 e. The monoisotopic (exact) mass is 304 g/mol. The van der Waals surface area contributed by atoms with Gasteiger partial charge in [-0.1, -0.05) is 19.1 Å². The molecule has 1 unspecified atom stereocenters. The van der Waals surface area contributed by atoms with Crippen molar-refractivity contribution in [3.8, 4) is 5.75 Å². The van der Waals surface area contributed by atoms with E-state index in [1.54, 1.807) is 0 Å². The summed E-state index contributed by atoms with van der Waals surface area (Å²) in [6.45, 7) is 7.62. The standard InChI is InChI=1S/C18H28N2O2/c1-3-7-18(21)19-14-17(20-12-5-6-13-20)15-8-10-16(11-9-15)22-4-2/h8-11,17H,3-7,12-14H2,1-2H3,(H,19,21). The number of nitrogens with one attached hydrogen (secondary N) is 1. The number of nitrogens with zero attached hydrogens (tertiary/aromatic N) is 1. The molecule has 0 radical (unpaired) electrons. The molecule has 0 bridgehead atoms. The Kier molecular flexibility index (Phi) is 6.72. The highest BCUT2D eigenvalue weighted by molar-refractivity contribution is 5.75. The molecule has 1 N–H and O–H groups in total. The van der Waals surface area contributed by atoms with Crippen LogP contribution in [0.4, 0.5) is 0 Å². The Morgan fingerprint density at radius 2 is 1.91 bits per heavy atom. The zero-order valence-electron chi connectivity index (χ0n) is 13.8. The van der Waals surface area contributed by atoms with Crippen molar-refractivity contribution in [3.05, 3.63) is 29.8 Å². The van der Waals surface area contributed by atoms with Gasteiger partial charge in [-0.2, -0.15) is 0 Å². The van der Waals surface area contributed by atoms with E-state index in [-0.39, 0.29) is 11.9 Å². The maximum absolute atomic E-state index is 11.8. The Morgan fingerprint density at radius 3 is 2.50 bits per heavy atom. The first kappa shape index (κ1) is 16.8. The molecule has 1 aliphatic heterocycles. The van der Waals surface area contributed by atoms with E-state index in [4.69, 9.17) is 4.74 Å². The molecular formula is C18H28N2O2. The number of hydrogen-bond acceptors (Lipinski definition) is 3. The van der Waals surface area contributed by atoms with Crippen LogP contribution in [0, 0.1) is 0 Å². The van der Waals surface area contributed by atoms with E-state index in [0.717, 1.165) is 25.3 Å². The van der Waals surface area contributed by atoms with Gasteiger partial charge in [-0.15, -0.1) is 0 Å². The summed E-state index contributed by atoms with van der Waals surface area (Å²) >= 11 is 0. The molecule has 1 aromatic carbocycles. The van der Waals surface area contributed by atoms with Crippen LogP contribution in [0.1, 0.15) is 51.1 Å². The van der Waals surface area contributed by atoms with E-state index in [9.17, 15) is 4.79 Å². The molecule has 1 atom stereocenters. The van der Waals surface area contributed by atoms with Crippen molar-refractivity contribution >= 4 is 5.91 Å². The molecule has 0 spiro atoms. The molecule has 1 aliphatic rings. The predicted octanol–water partition coefficient (Wildman–Crippen LogP) is 3.14. The lowest BCUT2D eigenvalue weighted by molar-refractivity contribution is -0.121. The molecule has 1 fully saturated rings. The molecule has 2 rings (SSSR count). The number of rotatable bonds is 8. The molecule has 1 heterocycles. The number of carbonyl (C=O) groups excluding carboxylic acids is 1. The third kappa shape index (κ3) is 4.73. The third-order valence-corrected chi connectivity index (χ3v) is 4.13. The van der Waals surface area contributed by atoms with Crippen molar-refractivity contribution in [3.63, 3.8) is 0 Å². The van der Waals surface area contributed by atoms with E-state index in [0.29, 0.717) is 19.6 Å². The summed E-state index contributed by atoms with van der Waals surface area (Å²) in [4.78, 5) is 14.3. The Balaban J connectivity index is 2.04. The van der Waals surface area contributed by atoms with Crippen molar-refractivity contribution in [2.45, 2.75) is 45.6 Å². The average molecular weight is 304 g/mol. The Hall–Kier alpha value is -1.55. The Bertz CT molecular complexity index is 453. The third-order valence-electron chi connectivity index (χ3n) is 4.13. The van der Waals surface area contributed by atoms with Gasteiger partial charge in [0.05, 0.1) is 12.6 Å². The summed E-state index contributed by atoms with van der Waals surface area (Å²) in [5.74, 6) is 1.05. The average Bonchev–Trinajstić information content (AvgIpc) is 3.04. The van der Waals surface area contributed by atoms with Crippen LogP contribution in [0.3, 0.4) is 0 Å². The number of carbonyl (C=O) groups is 1. The minimum absolute atomic E-state index is 0.151. The van der Waals surface area contributed by atoms with Crippen molar-refractivity contribution in [1.82, 2.24) is 10.2 Å². The minimum atomic E-state index is 0.151. The molecule has 0 aliphatic carbocycles. The predicted molar refractivity (Wildman–Crippen MR) is 89.1 cm³/mol. The first-order chi connectivity index (χ1) is 10.7. The van der Waals surface area contributed by atoms with Crippen LogP contribution in [0.2, 0.25) is 0 Å². The number of likely N-dealkylation sites (tertiary alicyclic amines) is 1. The molecular weight excluding hydrogens is 276 g/mol. The highest BCUT2D eigenvalue weighted by atomic mass is 16.5. The first-order valence-electron chi connectivity index (χ1n) is 8.48. The molecule has 0 saturated carbocycles. The van der Waals surface area contributed by atoms with Gasteiger partial charge >= 0.3 is 0 Å². The topological polar surface area (TPSA) is 41.6 Å². The fraction of sp³-hybridized carbons (Fsp3) is 0.611.